The maximum atomic E-state index is 16.1. The second-order valence-electron chi connectivity index (χ2n) is 19.4. The molecule has 1 saturated heterocycles. The van der Waals surface area contributed by atoms with Gasteiger partial charge in [0.25, 0.3) is 0 Å². The van der Waals surface area contributed by atoms with E-state index in [0.717, 1.165) is 41.9 Å². The van der Waals surface area contributed by atoms with Gasteiger partial charge in [0.1, 0.15) is 0 Å². The molecular weight excluding hydrogens is 1080 g/mol. The Morgan fingerprint density at radius 2 is 0.600 bits per heavy atom. The van der Waals surface area contributed by atoms with Gasteiger partial charge in [0.05, 0.1) is 50.7 Å². The summed E-state index contributed by atoms with van der Waals surface area (Å²) in [7, 11) is -0.626. The topological polar surface area (TPSA) is 75.8 Å². The van der Waals surface area contributed by atoms with Gasteiger partial charge in [0, 0.05) is 55.4 Å². The third kappa shape index (κ3) is 8.45. The number of aromatic amines is 2. The summed E-state index contributed by atoms with van der Waals surface area (Å²) in [6.45, 7) is 7.68. The Labute approximate surface area is 442 Å². The maximum absolute atomic E-state index is 16.1. The number of H-pyrrole nitrogens is 2. The maximum Gasteiger partial charge on any atom is 0.494 e. The Kier molecular flexibility index (Phi) is 12.8. The highest BCUT2D eigenvalue weighted by Gasteiger charge is 2.51. The Bertz CT molecular complexity index is 4160. The highest BCUT2D eigenvalue weighted by atomic mass is 19.2. The van der Waals surface area contributed by atoms with Crippen LogP contribution in [-0.2, 0) is 9.31 Å². The van der Waals surface area contributed by atoms with Crippen LogP contribution < -0.4 is 5.46 Å². The lowest BCUT2D eigenvalue weighted by atomic mass is 9.79. The lowest BCUT2D eigenvalue weighted by Gasteiger charge is -2.32. The van der Waals surface area contributed by atoms with Crippen LogP contribution in [-0.4, -0.2) is 38.3 Å². The molecule has 0 atom stereocenters. The van der Waals surface area contributed by atoms with Crippen LogP contribution in [0.4, 0.5) is 65.9 Å². The van der Waals surface area contributed by atoms with E-state index in [1.165, 1.54) is 24.3 Å². The zero-order valence-corrected chi connectivity index (χ0v) is 41.2. The molecule has 6 nitrogen and oxygen atoms in total. The van der Waals surface area contributed by atoms with E-state index >= 15 is 52.7 Å². The average molecular weight is 1110 g/mol. The predicted molar refractivity (Wildman–Crippen MR) is 268 cm³/mol. The second kappa shape index (κ2) is 19.2. The van der Waals surface area contributed by atoms with E-state index in [0.29, 0.717) is 11.1 Å². The summed E-state index contributed by atoms with van der Waals surface area (Å²) in [5.74, 6) is -30.8. The van der Waals surface area contributed by atoms with Crippen LogP contribution in [0.1, 0.15) is 61.6 Å². The van der Waals surface area contributed by atoms with Gasteiger partial charge < -0.3 is 19.3 Å². The first-order chi connectivity index (χ1) is 37.9. The van der Waals surface area contributed by atoms with Crippen LogP contribution in [0.25, 0.3) is 90.9 Å². The monoisotopic (exact) mass is 1110 g/mol. The first-order valence-electron chi connectivity index (χ1n) is 23.7. The summed E-state index contributed by atoms with van der Waals surface area (Å²) in [6.07, 6.45) is 3.92. The Hall–Kier alpha value is -8.81. The van der Waals surface area contributed by atoms with E-state index in [4.69, 9.17) is 9.31 Å². The van der Waals surface area contributed by atoms with Gasteiger partial charge in [0.15, 0.2) is 69.8 Å². The molecule has 0 radical (unpaired) electrons. The van der Waals surface area contributed by atoms with Crippen molar-refractivity contribution in [1.82, 2.24) is 19.9 Å². The number of nitrogens with one attached hydrogen (secondary N) is 2. The molecule has 80 heavy (non-hydrogen) atoms. The molecule has 22 heteroatoms. The van der Waals surface area contributed by atoms with Gasteiger partial charge >= 0.3 is 7.12 Å². The normalized spacial score (nSPS) is 14.3. The third-order valence-corrected chi connectivity index (χ3v) is 14.1. The number of benzene rings is 5. The van der Waals surface area contributed by atoms with Crippen molar-refractivity contribution in [2.45, 2.75) is 38.9 Å². The van der Waals surface area contributed by atoms with E-state index in [1.807, 2.05) is 27.7 Å². The molecule has 0 saturated carbocycles. The standard InChI is InChI=1S/C58H30BF15N4O2/c1-57(2)58(3,4)80-59(79-57)26-13-9-24(10-14-26)6-5-23-7-11-25(12-8-23)35-27-15-17-29(75-27)36(39-42(60)48(66)54(72)49(67)43(39)61)31-19-21-33(77-31)38(41-46(64)52(70)56(74)53(71)47(41)65)34-22-20-32(78-34)37(30-18-16-28(35)76-30)40-44(62)50(68)55(73)51(69)45(40)63/h7-22,75,78H,1-4H3/i29+1,30+1. The fourth-order valence-corrected chi connectivity index (χ4v) is 9.34. The van der Waals surface area contributed by atoms with Crippen LogP contribution in [0.3, 0.4) is 0 Å². The molecule has 3 aromatic heterocycles. The van der Waals surface area contributed by atoms with E-state index < -0.39 is 173 Å². The highest BCUT2D eigenvalue weighted by Crippen LogP contribution is 2.44. The summed E-state index contributed by atoms with van der Waals surface area (Å²) in [6, 6.07) is 17.3. The largest absolute Gasteiger partial charge is 0.494 e. The molecule has 0 spiro atoms. The summed E-state index contributed by atoms with van der Waals surface area (Å²) in [5, 5.41) is 0. The summed E-state index contributed by atoms with van der Waals surface area (Å²) in [4.78, 5) is 14.1. The number of nitrogens with zero attached hydrogens (tertiary/aromatic N) is 2. The van der Waals surface area contributed by atoms with Crippen LogP contribution >= 0.6 is 0 Å². The van der Waals surface area contributed by atoms with Crippen molar-refractivity contribution in [2.24, 2.45) is 0 Å². The molecule has 6 heterocycles. The number of fused-ring (bicyclic) bond motifs is 8. The van der Waals surface area contributed by atoms with E-state index in [9.17, 15) is 13.2 Å². The Balaban J connectivity index is 1.20. The Morgan fingerprint density at radius 1 is 0.338 bits per heavy atom. The number of rotatable bonds is 5. The Morgan fingerprint density at radius 3 is 0.912 bits per heavy atom. The first kappa shape index (κ1) is 53.2. The van der Waals surface area contributed by atoms with Gasteiger partial charge in [-0.3, -0.25) is 0 Å². The van der Waals surface area contributed by atoms with Crippen LogP contribution in [0.15, 0.2) is 72.8 Å². The quantitative estimate of drug-likeness (QED) is 0.0592. The summed E-state index contributed by atoms with van der Waals surface area (Å²) < 4.78 is 243. The molecule has 3 aliphatic rings. The SMILES string of the molecule is CC1(C)OB(c2ccc(C#Cc3ccc(-c4c5n[13c](c(-c6c(F)c(F)c(F)c(F)c6F)c6ccc([nH]6)c(-c6c(F)c(F)c(F)c(F)c6F)c6nc(c(-c7c(F)c(F)c(F)c(F)c7F)[13c]7ccc4[nH]7)C=C6)C=C5)cc3)cc2)OC1(C)C. The van der Waals surface area contributed by atoms with Crippen molar-refractivity contribution in [3.63, 3.8) is 0 Å². The molecule has 11 rings (SSSR count). The number of aromatic nitrogens is 4. The van der Waals surface area contributed by atoms with Crippen molar-refractivity contribution >= 4 is 59.0 Å². The third-order valence-electron chi connectivity index (χ3n) is 14.1. The molecule has 8 aromatic rings. The average Bonchev–Trinajstić information content (AvgIpc) is 4.37. The van der Waals surface area contributed by atoms with E-state index in [2.05, 4.69) is 31.8 Å². The summed E-state index contributed by atoms with van der Waals surface area (Å²) >= 11 is 0. The van der Waals surface area contributed by atoms with Gasteiger partial charge in [-0.05, 0) is 112 Å². The minimum absolute atomic E-state index is 0.0196. The fraction of sp³-hybridized carbons (Fsp3) is 0.103. The van der Waals surface area contributed by atoms with E-state index in [-0.39, 0.29) is 22.3 Å². The molecule has 0 unspecified atom stereocenters. The first-order valence-corrected chi connectivity index (χ1v) is 23.7. The smallest absolute Gasteiger partial charge is 0.399 e. The lowest BCUT2D eigenvalue weighted by molar-refractivity contribution is 0.00578. The number of hydrogen-bond acceptors (Lipinski definition) is 4. The van der Waals surface area contributed by atoms with Crippen molar-refractivity contribution < 1.29 is 75.2 Å². The molecule has 0 amide bonds. The molecule has 8 bridgehead atoms. The van der Waals surface area contributed by atoms with Crippen LogP contribution in [0.5, 0.6) is 0 Å². The van der Waals surface area contributed by atoms with Gasteiger partial charge in [-0.1, -0.05) is 36.1 Å². The molecular formula is C58H30BF15N4O2. The molecule has 3 aliphatic heterocycles. The number of halogens is 15. The zero-order chi connectivity index (χ0) is 57.2. The molecule has 5 aromatic carbocycles. The van der Waals surface area contributed by atoms with E-state index in [1.54, 1.807) is 36.4 Å². The summed E-state index contributed by atoms with van der Waals surface area (Å²) in [5.41, 5.74) is -11.2. The molecule has 402 valence electrons. The molecule has 2 N–H and O–H groups in total. The second-order valence-corrected chi connectivity index (χ2v) is 19.4. The number of hydrogen-bond donors (Lipinski definition) is 2. The predicted octanol–water partition coefficient (Wildman–Crippen LogP) is 15.1. The molecule has 0 aliphatic carbocycles. The minimum atomic E-state index is -2.62. The molecule has 1 fully saturated rings. The highest BCUT2D eigenvalue weighted by molar-refractivity contribution is 6.62. The van der Waals surface area contributed by atoms with Crippen molar-refractivity contribution in [3.05, 3.63) is 194 Å². The van der Waals surface area contributed by atoms with Gasteiger partial charge in [-0.2, -0.15) is 0 Å². The lowest BCUT2D eigenvalue weighted by Crippen LogP contribution is -2.41. The van der Waals surface area contributed by atoms with Gasteiger partial charge in [-0.15, -0.1) is 0 Å². The van der Waals surface area contributed by atoms with Gasteiger partial charge in [-0.25, -0.2) is 75.8 Å². The van der Waals surface area contributed by atoms with Crippen LogP contribution in [0, 0.1) is 99.1 Å². The van der Waals surface area contributed by atoms with Gasteiger partial charge in [0.2, 0.25) is 17.5 Å². The van der Waals surface area contributed by atoms with Crippen LogP contribution in [0.2, 0.25) is 0 Å². The van der Waals surface area contributed by atoms with Crippen molar-refractivity contribution in [3.8, 4) is 56.3 Å². The van der Waals surface area contributed by atoms with Crippen molar-refractivity contribution in [2.75, 3.05) is 0 Å². The zero-order valence-electron chi connectivity index (χ0n) is 41.2. The minimum Gasteiger partial charge on any atom is -0.399 e. The fourth-order valence-electron chi connectivity index (χ4n) is 9.34. The van der Waals surface area contributed by atoms with Crippen molar-refractivity contribution in [1.29, 1.82) is 0 Å².